The summed E-state index contributed by atoms with van der Waals surface area (Å²) in [6, 6.07) is 0.655. The molecule has 1 aromatic rings. The van der Waals surface area contributed by atoms with Gasteiger partial charge in [-0.25, -0.2) is 4.98 Å². The van der Waals surface area contributed by atoms with Crippen molar-refractivity contribution < 1.29 is 4.74 Å². The van der Waals surface area contributed by atoms with Gasteiger partial charge in [-0.15, -0.1) is 11.3 Å². The second kappa shape index (κ2) is 5.58. The summed E-state index contributed by atoms with van der Waals surface area (Å²) in [5.74, 6) is 0. The molecule has 3 nitrogen and oxygen atoms in total. The van der Waals surface area contributed by atoms with Crippen LogP contribution in [0, 0.1) is 0 Å². The zero-order valence-corrected chi connectivity index (χ0v) is 9.98. The van der Waals surface area contributed by atoms with Crippen LogP contribution >= 0.6 is 11.3 Å². The normalized spacial score (nSPS) is 21.0. The topological polar surface area (TPSA) is 34.1 Å². The molecule has 0 saturated carbocycles. The fourth-order valence-corrected chi connectivity index (χ4v) is 2.72. The lowest BCUT2D eigenvalue weighted by Gasteiger charge is -2.06. The van der Waals surface area contributed by atoms with Crippen LogP contribution < -0.4 is 5.32 Å². The van der Waals surface area contributed by atoms with Crippen LogP contribution in [-0.2, 0) is 17.6 Å². The Balaban J connectivity index is 1.83. The molecular formula is C11H18N2OS. The number of nitrogens with zero attached hydrogens (tertiary/aromatic N) is 1. The van der Waals surface area contributed by atoms with E-state index in [4.69, 9.17) is 4.74 Å². The molecule has 0 radical (unpaired) electrons. The molecule has 1 aromatic heterocycles. The summed E-state index contributed by atoms with van der Waals surface area (Å²) in [5, 5.41) is 6.88. The maximum atomic E-state index is 5.04. The largest absolute Gasteiger partial charge is 0.384 e. The molecule has 15 heavy (non-hydrogen) atoms. The predicted octanol–water partition coefficient (Wildman–Crippen LogP) is 1.63. The standard InChI is InChI=1S/C11H18N2OS/c1-14-6-4-11-13-10(8-15-11)7-9-3-2-5-12-9/h8-9,12H,2-7H2,1H3. The molecule has 0 aromatic carbocycles. The Morgan fingerprint density at radius 1 is 1.67 bits per heavy atom. The van der Waals surface area contributed by atoms with Crippen molar-refractivity contribution in [1.29, 1.82) is 0 Å². The van der Waals surface area contributed by atoms with Crippen LogP contribution in [-0.4, -0.2) is 31.3 Å². The van der Waals surface area contributed by atoms with E-state index in [1.165, 1.54) is 30.1 Å². The summed E-state index contributed by atoms with van der Waals surface area (Å²) in [6.45, 7) is 1.94. The van der Waals surface area contributed by atoms with E-state index in [9.17, 15) is 0 Å². The van der Waals surface area contributed by atoms with Crippen molar-refractivity contribution in [3.05, 3.63) is 16.1 Å². The minimum atomic E-state index is 0.655. The highest BCUT2D eigenvalue weighted by Crippen LogP contribution is 2.15. The first-order valence-electron chi connectivity index (χ1n) is 5.54. The number of thiazole rings is 1. The lowest BCUT2D eigenvalue weighted by molar-refractivity contribution is 0.202. The molecule has 4 heteroatoms. The Kier molecular flexibility index (Phi) is 4.11. The van der Waals surface area contributed by atoms with Gasteiger partial charge in [-0.05, 0) is 19.4 Å². The second-order valence-electron chi connectivity index (χ2n) is 3.97. The Hall–Kier alpha value is -0.450. The van der Waals surface area contributed by atoms with E-state index in [1.54, 1.807) is 18.4 Å². The van der Waals surface area contributed by atoms with Gasteiger partial charge in [0.2, 0.25) is 0 Å². The molecule has 1 atom stereocenters. The van der Waals surface area contributed by atoms with Crippen LogP contribution in [0.1, 0.15) is 23.5 Å². The van der Waals surface area contributed by atoms with E-state index in [2.05, 4.69) is 15.7 Å². The molecule has 0 bridgehead atoms. The first-order chi connectivity index (χ1) is 7.38. The molecule has 1 fully saturated rings. The van der Waals surface area contributed by atoms with Crippen molar-refractivity contribution in [2.45, 2.75) is 31.7 Å². The Morgan fingerprint density at radius 2 is 2.60 bits per heavy atom. The Morgan fingerprint density at radius 3 is 3.33 bits per heavy atom. The van der Waals surface area contributed by atoms with Crippen molar-refractivity contribution in [2.24, 2.45) is 0 Å². The van der Waals surface area contributed by atoms with E-state index in [0.717, 1.165) is 19.4 Å². The zero-order chi connectivity index (χ0) is 10.5. The summed E-state index contributed by atoms with van der Waals surface area (Å²) >= 11 is 1.75. The van der Waals surface area contributed by atoms with Gasteiger partial charge in [-0.3, -0.25) is 0 Å². The quantitative estimate of drug-likeness (QED) is 0.828. The highest BCUT2D eigenvalue weighted by atomic mass is 32.1. The van der Waals surface area contributed by atoms with Gasteiger partial charge in [-0.1, -0.05) is 0 Å². The maximum Gasteiger partial charge on any atom is 0.0951 e. The van der Waals surface area contributed by atoms with E-state index in [-0.39, 0.29) is 0 Å². The fraction of sp³-hybridized carbons (Fsp3) is 0.727. The molecule has 0 spiro atoms. The molecule has 1 aliphatic rings. The van der Waals surface area contributed by atoms with E-state index in [0.29, 0.717) is 6.04 Å². The molecular weight excluding hydrogens is 208 g/mol. The van der Waals surface area contributed by atoms with Gasteiger partial charge in [0.05, 0.1) is 17.3 Å². The van der Waals surface area contributed by atoms with E-state index < -0.39 is 0 Å². The lowest BCUT2D eigenvalue weighted by Crippen LogP contribution is -2.23. The van der Waals surface area contributed by atoms with E-state index >= 15 is 0 Å². The van der Waals surface area contributed by atoms with Crippen LogP contribution in [0.2, 0.25) is 0 Å². The monoisotopic (exact) mass is 226 g/mol. The number of hydrogen-bond donors (Lipinski definition) is 1. The fourth-order valence-electron chi connectivity index (χ4n) is 1.93. The van der Waals surface area contributed by atoms with Crippen molar-refractivity contribution in [3.8, 4) is 0 Å². The molecule has 0 amide bonds. The first-order valence-corrected chi connectivity index (χ1v) is 6.42. The average Bonchev–Trinajstić information content (AvgIpc) is 2.87. The van der Waals surface area contributed by atoms with Gasteiger partial charge >= 0.3 is 0 Å². The van der Waals surface area contributed by atoms with Crippen molar-refractivity contribution in [3.63, 3.8) is 0 Å². The molecule has 84 valence electrons. The average molecular weight is 226 g/mol. The predicted molar refractivity (Wildman–Crippen MR) is 62.4 cm³/mol. The van der Waals surface area contributed by atoms with Crippen LogP contribution in [0.3, 0.4) is 0 Å². The second-order valence-corrected chi connectivity index (χ2v) is 4.92. The molecule has 0 aliphatic carbocycles. The minimum absolute atomic E-state index is 0.655. The number of hydrogen-bond acceptors (Lipinski definition) is 4. The number of rotatable bonds is 5. The molecule has 1 saturated heterocycles. The van der Waals surface area contributed by atoms with Crippen LogP contribution in [0.5, 0.6) is 0 Å². The zero-order valence-electron chi connectivity index (χ0n) is 9.16. The molecule has 2 rings (SSSR count). The summed E-state index contributed by atoms with van der Waals surface area (Å²) in [6.07, 6.45) is 4.64. The first kappa shape index (κ1) is 11.0. The minimum Gasteiger partial charge on any atom is -0.384 e. The third kappa shape index (κ3) is 3.26. The number of aromatic nitrogens is 1. The highest BCUT2D eigenvalue weighted by Gasteiger charge is 2.15. The van der Waals surface area contributed by atoms with Gasteiger partial charge in [0.15, 0.2) is 0 Å². The van der Waals surface area contributed by atoms with Crippen LogP contribution in [0.4, 0.5) is 0 Å². The molecule has 1 N–H and O–H groups in total. The van der Waals surface area contributed by atoms with Gasteiger partial charge in [-0.2, -0.15) is 0 Å². The van der Waals surface area contributed by atoms with E-state index in [1.807, 2.05) is 0 Å². The SMILES string of the molecule is COCCc1nc(CC2CCCN2)cs1. The molecule has 1 aliphatic heterocycles. The summed E-state index contributed by atoms with van der Waals surface area (Å²) < 4.78 is 5.04. The smallest absolute Gasteiger partial charge is 0.0951 e. The summed E-state index contributed by atoms with van der Waals surface area (Å²) in [5.41, 5.74) is 1.24. The third-order valence-corrected chi connectivity index (χ3v) is 3.69. The Bertz CT molecular complexity index is 295. The van der Waals surface area contributed by atoms with Gasteiger partial charge < -0.3 is 10.1 Å². The molecule has 1 unspecified atom stereocenters. The maximum absolute atomic E-state index is 5.04. The van der Waals surface area contributed by atoms with Gasteiger partial charge in [0.1, 0.15) is 0 Å². The number of nitrogens with one attached hydrogen (secondary N) is 1. The highest BCUT2D eigenvalue weighted by molar-refractivity contribution is 7.09. The van der Waals surface area contributed by atoms with Gasteiger partial charge in [0.25, 0.3) is 0 Å². The third-order valence-electron chi connectivity index (χ3n) is 2.74. The number of ether oxygens (including phenoxy) is 1. The van der Waals surface area contributed by atoms with Crippen LogP contribution in [0.25, 0.3) is 0 Å². The van der Waals surface area contributed by atoms with Crippen molar-refractivity contribution in [1.82, 2.24) is 10.3 Å². The van der Waals surface area contributed by atoms with Gasteiger partial charge in [0, 0.05) is 31.4 Å². The van der Waals surface area contributed by atoms with Crippen molar-refractivity contribution in [2.75, 3.05) is 20.3 Å². The Labute approximate surface area is 94.9 Å². The molecule has 2 heterocycles. The summed E-state index contributed by atoms with van der Waals surface area (Å²) in [7, 11) is 1.73. The lowest BCUT2D eigenvalue weighted by atomic mass is 10.1. The number of methoxy groups -OCH3 is 1. The van der Waals surface area contributed by atoms with Crippen LogP contribution in [0.15, 0.2) is 5.38 Å². The van der Waals surface area contributed by atoms with Crippen molar-refractivity contribution >= 4 is 11.3 Å². The summed E-state index contributed by atoms with van der Waals surface area (Å²) in [4.78, 5) is 4.61.